The molecule has 2 aromatic rings. The van der Waals surface area contributed by atoms with Crippen molar-refractivity contribution in [3.8, 4) is 0 Å². The largest absolute Gasteiger partial charge is 0.367 e. The van der Waals surface area contributed by atoms with Gasteiger partial charge in [0.05, 0.1) is 11.3 Å². The summed E-state index contributed by atoms with van der Waals surface area (Å²) < 4.78 is 14.8. The van der Waals surface area contributed by atoms with Crippen LogP contribution in [0.4, 0.5) is 15.9 Å². The number of hydrogen-bond acceptors (Lipinski definition) is 5. The van der Waals surface area contributed by atoms with Gasteiger partial charge in [-0.2, -0.15) is 0 Å². The fraction of sp³-hybridized carbons (Fsp3) is 0.421. The predicted octanol–water partition coefficient (Wildman–Crippen LogP) is 3.24. The molecule has 0 radical (unpaired) electrons. The Morgan fingerprint density at radius 1 is 1.15 bits per heavy atom. The lowest BCUT2D eigenvalue weighted by molar-refractivity contribution is 0.0997. The summed E-state index contributed by atoms with van der Waals surface area (Å²) in [4.78, 5) is 25.1. The van der Waals surface area contributed by atoms with Gasteiger partial charge in [0.1, 0.15) is 17.5 Å². The second-order valence-corrected chi connectivity index (χ2v) is 7.92. The predicted molar refractivity (Wildman–Crippen MR) is 108 cm³/mol. The number of rotatable bonds is 4. The van der Waals surface area contributed by atoms with Crippen LogP contribution in [0.3, 0.4) is 0 Å². The van der Waals surface area contributed by atoms with E-state index in [1.165, 1.54) is 6.07 Å². The van der Waals surface area contributed by atoms with Crippen molar-refractivity contribution in [2.24, 2.45) is 5.73 Å². The van der Waals surface area contributed by atoms with Gasteiger partial charge in [-0.25, -0.2) is 14.4 Å². The summed E-state index contributed by atoms with van der Waals surface area (Å²) in [5.74, 6) is 0.624. The number of carbonyl (C=O) groups excluding carboxylic acids is 1. The number of benzene rings is 1. The van der Waals surface area contributed by atoms with E-state index in [2.05, 4.69) is 44.6 Å². The molecule has 0 saturated carbocycles. The molecule has 0 unspecified atom stereocenters. The molecule has 27 heavy (non-hydrogen) atoms. The van der Waals surface area contributed by atoms with E-state index in [0.717, 1.165) is 17.3 Å². The molecule has 2 N–H and O–H groups in total. The number of aromatic nitrogens is 2. The topological polar surface area (TPSA) is 75.3 Å². The van der Waals surface area contributed by atoms with Crippen molar-refractivity contribution >= 4 is 33.3 Å². The maximum Gasteiger partial charge on any atom is 0.253 e. The maximum atomic E-state index is 14.2. The lowest BCUT2D eigenvalue weighted by atomic mass is 10.1. The van der Waals surface area contributed by atoms with E-state index < -0.39 is 11.7 Å². The highest BCUT2D eigenvalue weighted by atomic mass is 79.9. The number of nitrogens with two attached hydrogens (primary N) is 1. The van der Waals surface area contributed by atoms with Gasteiger partial charge in [0.2, 0.25) is 0 Å². The quantitative estimate of drug-likeness (QED) is 0.797. The molecule has 144 valence electrons. The number of piperazine rings is 1. The van der Waals surface area contributed by atoms with Crippen LogP contribution in [0, 0.1) is 12.7 Å². The van der Waals surface area contributed by atoms with Crippen molar-refractivity contribution in [2.45, 2.75) is 26.7 Å². The molecule has 2 heterocycles. The zero-order valence-electron chi connectivity index (χ0n) is 15.7. The molecule has 1 aliphatic heterocycles. The van der Waals surface area contributed by atoms with Gasteiger partial charge in [-0.15, -0.1) is 0 Å². The minimum Gasteiger partial charge on any atom is -0.367 e. The molecule has 1 aliphatic rings. The number of anilines is 2. The first-order valence-electron chi connectivity index (χ1n) is 8.90. The van der Waals surface area contributed by atoms with E-state index in [1.807, 2.05) is 17.9 Å². The third-order valence-corrected chi connectivity index (χ3v) is 5.06. The van der Waals surface area contributed by atoms with Crippen molar-refractivity contribution in [3.05, 3.63) is 45.6 Å². The molecule has 1 aromatic carbocycles. The normalized spacial score (nSPS) is 14.7. The summed E-state index contributed by atoms with van der Waals surface area (Å²) in [7, 11) is 0. The lowest BCUT2D eigenvalue weighted by Crippen LogP contribution is -2.47. The van der Waals surface area contributed by atoms with Crippen molar-refractivity contribution in [1.29, 1.82) is 0 Å². The van der Waals surface area contributed by atoms with Gasteiger partial charge in [-0.1, -0.05) is 29.8 Å². The molecule has 1 saturated heterocycles. The Bertz CT molecular complexity index is 865. The minimum atomic E-state index is -0.759. The van der Waals surface area contributed by atoms with E-state index in [9.17, 15) is 9.18 Å². The summed E-state index contributed by atoms with van der Waals surface area (Å²) >= 11 is 3.29. The molecule has 0 atom stereocenters. The standard InChI is InChI=1S/C19H23BrFN5O/c1-11(2)19-23-12(3)8-16(24-19)26-6-4-25(5-7-26)15-10-13(20)9-14(21)17(15)18(22)27/h8-11H,4-7H2,1-3H3,(H2,22,27). The van der Waals surface area contributed by atoms with Crippen molar-refractivity contribution in [3.63, 3.8) is 0 Å². The summed E-state index contributed by atoms with van der Waals surface area (Å²) in [5, 5.41) is 0. The Kier molecular flexibility index (Phi) is 5.64. The van der Waals surface area contributed by atoms with Crippen molar-refractivity contribution in [1.82, 2.24) is 9.97 Å². The minimum absolute atomic E-state index is 0.0633. The van der Waals surface area contributed by atoms with Crippen LogP contribution >= 0.6 is 15.9 Å². The molecule has 0 spiro atoms. The van der Waals surface area contributed by atoms with Crippen molar-refractivity contribution < 1.29 is 9.18 Å². The van der Waals surface area contributed by atoms with Gasteiger partial charge < -0.3 is 15.5 Å². The van der Waals surface area contributed by atoms with Gasteiger partial charge in [0.25, 0.3) is 5.91 Å². The maximum absolute atomic E-state index is 14.2. The number of carbonyl (C=O) groups is 1. The third-order valence-electron chi connectivity index (χ3n) is 4.60. The molecular formula is C19H23BrFN5O. The number of aryl methyl sites for hydroxylation is 1. The van der Waals surface area contributed by atoms with Gasteiger partial charge in [0.15, 0.2) is 0 Å². The third kappa shape index (κ3) is 4.21. The highest BCUT2D eigenvalue weighted by Gasteiger charge is 2.25. The van der Waals surface area contributed by atoms with Crippen LogP contribution < -0.4 is 15.5 Å². The number of halogens is 2. The molecule has 1 fully saturated rings. The summed E-state index contributed by atoms with van der Waals surface area (Å²) in [5.41, 5.74) is 6.81. The first-order valence-corrected chi connectivity index (χ1v) is 9.70. The average molecular weight is 436 g/mol. The summed E-state index contributed by atoms with van der Waals surface area (Å²) in [6, 6.07) is 4.98. The van der Waals surface area contributed by atoms with Crippen LogP contribution in [0.15, 0.2) is 22.7 Å². The molecule has 1 aromatic heterocycles. The lowest BCUT2D eigenvalue weighted by Gasteiger charge is -2.37. The fourth-order valence-corrected chi connectivity index (χ4v) is 3.64. The van der Waals surface area contributed by atoms with E-state index in [1.54, 1.807) is 6.07 Å². The molecule has 1 amide bonds. The van der Waals surface area contributed by atoms with Gasteiger partial charge in [0, 0.05) is 48.3 Å². The number of nitrogens with zero attached hydrogens (tertiary/aromatic N) is 4. The Balaban J connectivity index is 1.82. The molecule has 0 aliphatic carbocycles. The Morgan fingerprint density at radius 3 is 2.37 bits per heavy atom. The molecule has 8 heteroatoms. The number of amides is 1. The molecule has 6 nitrogen and oxygen atoms in total. The van der Waals surface area contributed by atoms with Crippen LogP contribution in [0.5, 0.6) is 0 Å². The zero-order valence-corrected chi connectivity index (χ0v) is 17.3. The van der Waals surface area contributed by atoms with E-state index in [0.29, 0.717) is 36.3 Å². The molecule has 3 rings (SSSR count). The van der Waals surface area contributed by atoms with Gasteiger partial charge >= 0.3 is 0 Å². The SMILES string of the molecule is Cc1cc(N2CCN(c3cc(Br)cc(F)c3C(N)=O)CC2)nc(C(C)C)n1. The second-order valence-electron chi connectivity index (χ2n) is 7.00. The fourth-order valence-electron chi connectivity index (χ4n) is 3.22. The second kappa shape index (κ2) is 7.80. The van der Waals surface area contributed by atoms with Gasteiger partial charge in [-0.3, -0.25) is 4.79 Å². The summed E-state index contributed by atoms with van der Waals surface area (Å²) in [6.07, 6.45) is 0. The highest BCUT2D eigenvalue weighted by Crippen LogP contribution is 2.29. The Hall–Kier alpha value is -2.22. The highest BCUT2D eigenvalue weighted by molar-refractivity contribution is 9.10. The monoisotopic (exact) mass is 435 g/mol. The van der Waals surface area contributed by atoms with E-state index >= 15 is 0 Å². The average Bonchev–Trinajstić information content (AvgIpc) is 2.60. The Morgan fingerprint density at radius 2 is 1.78 bits per heavy atom. The summed E-state index contributed by atoms with van der Waals surface area (Å²) in [6.45, 7) is 8.80. The van der Waals surface area contributed by atoms with E-state index in [-0.39, 0.29) is 11.5 Å². The van der Waals surface area contributed by atoms with Crippen LogP contribution in [0.2, 0.25) is 0 Å². The van der Waals surface area contributed by atoms with E-state index in [4.69, 9.17) is 5.73 Å². The molecule has 0 bridgehead atoms. The molecular weight excluding hydrogens is 413 g/mol. The number of primary amides is 1. The first kappa shape index (κ1) is 19.5. The van der Waals surface area contributed by atoms with Crippen molar-refractivity contribution in [2.75, 3.05) is 36.0 Å². The first-order chi connectivity index (χ1) is 12.8. The van der Waals surface area contributed by atoms with Gasteiger partial charge in [-0.05, 0) is 19.1 Å². The number of hydrogen-bond donors (Lipinski definition) is 1. The zero-order chi connectivity index (χ0) is 19.7. The van der Waals surface area contributed by atoms with Crippen LogP contribution in [-0.4, -0.2) is 42.1 Å². The smallest absolute Gasteiger partial charge is 0.253 e. The van der Waals surface area contributed by atoms with Crippen LogP contribution in [0.25, 0.3) is 0 Å². The Labute approximate surface area is 166 Å². The van der Waals surface area contributed by atoms with Crippen LogP contribution in [0.1, 0.15) is 41.6 Å². The van der Waals surface area contributed by atoms with Crippen LogP contribution in [-0.2, 0) is 0 Å².